The van der Waals surface area contributed by atoms with Crippen molar-refractivity contribution in [3.05, 3.63) is 29.3 Å². The predicted molar refractivity (Wildman–Crippen MR) is 83.8 cm³/mol. The summed E-state index contributed by atoms with van der Waals surface area (Å²) in [5, 5.41) is 3.39. The molecule has 0 radical (unpaired) electrons. The molecule has 1 saturated carbocycles. The first-order valence-corrected chi connectivity index (χ1v) is 7.75. The summed E-state index contributed by atoms with van der Waals surface area (Å²) in [6, 6.07) is 7.64. The van der Waals surface area contributed by atoms with Gasteiger partial charge in [-0.05, 0) is 43.5 Å². The topological polar surface area (TPSA) is 15.3 Å². The largest absolute Gasteiger partial charge is 0.371 e. The Hall–Kier alpha value is -1.02. The van der Waals surface area contributed by atoms with Crippen molar-refractivity contribution in [1.82, 2.24) is 5.32 Å². The first-order valence-electron chi connectivity index (χ1n) is 7.75. The van der Waals surface area contributed by atoms with Crippen LogP contribution in [0.25, 0.3) is 0 Å². The molecule has 0 heterocycles. The lowest BCUT2D eigenvalue weighted by Gasteiger charge is -2.34. The molecule has 1 aliphatic carbocycles. The number of anilines is 1. The summed E-state index contributed by atoms with van der Waals surface area (Å²) < 4.78 is 0. The fourth-order valence-electron chi connectivity index (χ4n) is 3.16. The van der Waals surface area contributed by atoms with Gasteiger partial charge in [0.1, 0.15) is 0 Å². The van der Waals surface area contributed by atoms with E-state index in [9.17, 15) is 0 Å². The normalized spacial score (nSPS) is 16.6. The number of hydrogen-bond donors (Lipinski definition) is 1. The Labute approximate surface area is 118 Å². The number of aryl methyl sites for hydroxylation is 1. The van der Waals surface area contributed by atoms with Gasteiger partial charge in [-0.2, -0.15) is 0 Å². The maximum atomic E-state index is 3.39. The van der Waals surface area contributed by atoms with E-state index in [4.69, 9.17) is 0 Å². The van der Waals surface area contributed by atoms with Gasteiger partial charge in [-0.25, -0.2) is 0 Å². The third kappa shape index (κ3) is 3.73. The van der Waals surface area contributed by atoms with Gasteiger partial charge in [0.05, 0.1) is 0 Å². The Morgan fingerprint density at radius 2 is 1.95 bits per heavy atom. The molecule has 1 aliphatic rings. The smallest absolute Gasteiger partial charge is 0.0396 e. The van der Waals surface area contributed by atoms with Crippen molar-refractivity contribution in [1.29, 1.82) is 0 Å². The Kier molecular flexibility index (Phi) is 5.26. The Morgan fingerprint density at radius 1 is 1.21 bits per heavy atom. The molecule has 0 aliphatic heterocycles. The molecular formula is C17H28N2. The molecule has 0 aromatic heterocycles. The highest BCUT2D eigenvalue weighted by Crippen LogP contribution is 2.28. The lowest BCUT2D eigenvalue weighted by atomic mass is 9.93. The lowest BCUT2D eigenvalue weighted by Crippen LogP contribution is -2.33. The molecule has 0 unspecified atom stereocenters. The van der Waals surface area contributed by atoms with E-state index in [-0.39, 0.29) is 0 Å². The van der Waals surface area contributed by atoms with Gasteiger partial charge in [0.2, 0.25) is 0 Å². The zero-order chi connectivity index (χ0) is 13.7. The van der Waals surface area contributed by atoms with E-state index in [2.05, 4.69) is 49.3 Å². The van der Waals surface area contributed by atoms with Crippen LogP contribution in [0.5, 0.6) is 0 Å². The molecule has 1 aromatic rings. The van der Waals surface area contributed by atoms with E-state index in [1.165, 1.54) is 48.9 Å². The molecule has 0 spiro atoms. The second-order valence-electron chi connectivity index (χ2n) is 5.80. The van der Waals surface area contributed by atoms with E-state index in [0.717, 1.165) is 19.1 Å². The summed E-state index contributed by atoms with van der Waals surface area (Å²) in [5.74, 6) is 0. The summed E-state index contributed by atoms with van der Waals surface area (Å²) in [6.45, 7) is 6.40. The van der Waals surface area contributed by atoms with Crippen LogP contribution in [0.2, 0.25) is 0 Å². The highest BCUT2D eigenvalue weighted by Gasteiger charge is 2.19. The summed E-state index contributed by atoms with van der Waals surface area (Å²) in [4.78, 5) is 2.51. The molecule has 0 amide bonds. The molecule has 1 fully saturated rings. The molecule has 0 bridgehead atoms. The Morgan fingerprint density at radius 3 is 2.58 bits per heavy atom. The monoisotopic (exact) mass is 260 g/mol. The molecule has 19 heavy (non-hydrogen) atoms. The minimum absolute atomic E-state index is 0.743. The van der Waals surface area contributed by atoms with Crippen molar-refractivity contribution in [2.24, 2.45) is 0 Å². The van der Waals surface area contributed by atoms with E-state index in [1.54, 1.807) is 0 Å². The molecule has 106 valence electrons. The minimum Gasteiger partial charge on any atom is -0.371 e. The highest BCUT2D eigenvalue weighted by molar-refractivity contribution is 5.54. The zero-order valence-corrected chi connectivity index (χ0v) is 12.7. The Bertz CT molecular complexity index is 394. The Balaban J connectivity index is 2.06. The van der Waals surface area contributed by atoms with E-state index in [0.29, 0.717) is 0 Å². The van der Waals surface area contributed by atoms with Gasteiger partial charge in [0, 0.05) is 25.3 Å². The molecule has 2 heteroatoms. The second-order valence-corrected chi connectivity index (χ2v) is 5.80. The summed E-state index contributed by atoms with van der Waals surface area (Å²) in [6.07, 6.45) is 6.92. The summed E-state index contributed by atoms with van der Waals surface area (Å²) in [5.41, 5.74) is 4.20. The van der Waals surface area contributed by atoms with Gasteiger partial charge in [0.25, 0.3) is 0 Å². The molecule has 0 atom stereocenters. The second kappa shape index (κ2) is 6.95. The molecule has 0 saturated heterocycles. The molecule has 1 aromatic carbocycles. The molecule has 2 nitrogen and oxygen atoms in total. The van der Waals surface area contributed by atoms with E-state index >= 15 is 0 Å². The van der Waals surface area contributed by atoms with Gasteiger partial charge in [-0.1, -0.05) is 38.3 Å². The number of hydrogen-bond acceptors (Lipinski definition) is 2. The van der Waals surface area contributed by atoms with Gasteiger partial charge in [0.15, 0.2) is 0 Å². The predicted octanol–water partition coefficient (Wildman–Crippen LogP) is 3.87. The van der Waals surface area contributed by atoms with Crippen LogP contribution in [0, 0.1) is 6.92 Å². The SMILES string of the molecule is CCNCc1ccc(N(C)C2CCCCC2)c(C)c1. The summed E-state index contributed by atoms with van der Waals surface area (Å²) in [7, 11) is 2.27. The van der Waals surface area contributed by atoms with Gasteiger partial charge < -0.3 is 10.2 Å². The zero-order valence-electron chi connectivity index (χ0n) is 12.7. The number of rotatable bonds is 5. The maximum absolute atomic E-state index is 3.39. The highest BCUT2D eigenvalue weighted by atomic mass is 15.1. The van der Waals surface area contributed by atoms with Crippen molar-refractivity contribution in [2.75, 3.05) is 18.5 Å². The third-order valence-corrected chi connectivity index (χ3v) is 4.34. The third-order valence-electron chi connectivity index (χ3n) is 4.34. The van der Waals surface area contributed by atoms with Gasteiger partial charge in [-0.15, -0.1) is 0 Å². The molecule has 2 rings (SSSR count). The standard InChI is InChI=1S/C17H28N2/c1-4-18-13-15-10-11-17(14(2)12-15)19(3)16-8-6-5-7-9-16/h10-12,16,18H,4-9,13H2,1-3H3. The number of benzene rings is 1. The van der Waals surface area contributed by atoms with Crippen LogP contribution in [0.15, 0.2) is 18.2 Å². The molecule has 1 N–H and O–H groups in total. The first-order chi connectivity index (χ1) is 9.22. The number of nitrogens with one attached hydrogen (secondary N) is 1. The fraction of sp³-hybridized carbons (Fsp3) is 0.647. The van der Waals surface area contributed by atoms with E-state index < -0.39 is 0 Å². The van der Waals surface area contributed by atoms with Crippen molar-refractivity contribution >= 4 is 5.69 Å². The average molecular weight is 260 g/mol. The van der Waals surface area contributed by atoms with Crippen LogP contribution >= 0.6 is 0 Å². The van der Waals surface area contributed by atoms with Crippen molar-refractivity contribution in [3.63, 3.8) is 0 Å². The molecular weight excluding hydrogens is 232 g/mol. The van der Waals surface area contributed by atoms with Crippen molar-refractivity contribution in [2.45, 2.75) is 58.5 Å². The summed E-state index contributed by atoms with van der Waals surface area (Å²) >= 11 is 0. The van der Waals surface area contributed by atoms with Crippen molar-refractivity contribution in [3.8, 4) is 0 Å². The van der Waals surface area contributed by atoms with Crippen molar-refractivity contribution < 1.29 is 0 Å². The van der Waals surface area contributed by atoms with Crippen LogP contribution in [-0.2, 0) is 6.54 Å². The first kappa shape index (κ1) is 14.4. The average Bonchev–Trinajstić information content (AvgIpc) is 2.45. The van der Waals surface area contributed by atoms with Crippen LogP contribution in [0.1, 0.15) is 50.2 Å². The van der Waals surface area contributed by atoms with Crippen LogP contribution in [0.3, 0.4) is 0 Å². The van der Waals surface area contributed by atoms with Gasteiger partial charge >= 0.3 is 0 Å². The minimum atomic E-state index is 0.743. The number of nitrogens with zero attached hydrogens (tertiary/aromatic N) is 1. The van der Waals surface area contributed by atoms with Gasteiger partial charge in [-0.3, -0.25) is 0 Å². The van der Waals surface area contributed by atoms with Crippen LogP contribution in [0.4, 0.5) is 5.69 Å². The lowest BCUT2D eigenvalue weighted by molar-refractivity contribution is 0.427. The fourth-order valence-corrected chi connectivity index (χ4v) is 3.16. The van der Waals surface area contributed by atoms with Crippen LogP contribution < -0.4 is 10.2 Å². The van der Waals surface area contributed by atoms with E-state index in [1.807, 2.05) is 0 Å². The maximum Gasteiger partial charge on any atom is 0.0396 e. The quantitative estimate of drug-likeness (QED) is 0.864. The van der Waals surface area contributed by atoms with Crippen LogP contribution in [-0.4, -0.2) is 19.6 Å².